The lowest BCUT2D eigenvalue weighted by Crippen LogP contribution is -2.36. The van der Waals surface area contributed by atoms with Crippen molar-refractivity contribution in [3.05, 3.63) is 106 Å². The number of nitrogens with zero attached hydrogens (tertiary/aromatic N) is 1. The molecule has 0 aliphatic rings. The highest BCUT2D eigenvalue weighted by atomic mass is 19.1. The van der Waals surface area contributed by atoms with Gasteiger partial charge in [-0.3, -0.25) is 19.7 Å². The first-order valence-corrected chi connectivity index (χ1v) is 9.66. The molecule has 0 bridgehead atoms. The number of esters is 1. The molecule has 1 atom stereocenters. The van der Waals surface area contributed by atoms with Crippen molar-refractivity contribution in [2.75, 3.05) is 11.9 Å². The summed E-state index contributed by atoms with van der Waals surface area (Å²) < 4.78 is 18.5. The Labute approximate surface area is 187 Å². The minimum atomic E-state index is -1.18. The largest absolute Gasteiger partial charge is 0.454 e. The van der Waals surface area contributed by atoms with Crippen LogP contribution < -0.4 is 10.6 Å². The second-order valence-electron chi connectivity index (χ2n) is 6.76. The maximum Gasteiger partial charge on any atom is 0.333 e. The monoisotopic (exact) mass is 451 g/mol. The number of carbonyl (C=O) groups is 3. The number of nitro benzene ring substituents is 1. The van der Waals surface area contributed by atoms with Gasteiger partial charge in [0.2, 0.25) is 5.82 Å². The Morgan fingerprint density at radius 2 is 1.61 bits per heavy atom. The zero-order chi connectivity index (χ0) is 23.8. The van der Waals surface area contributed by atoms with Gasteiger partial charge in [-0.1, -0.05) is 48.5 Å². The van der Waals surface area contributed by atoms with Crippen LogP contribution in [0.15, 0.2) is 78.9 Å². The molecule has 3 aromatic rings. The normalized spacial score (nSPS) is 11.2. The summed E-state index contributed by atoms with van der Waals surface area (Å²) in [7, 11) is 0. The Bertz CT molecular complexity index is 1170. The Morgan fingerprint density at radius 1 is 0.970 bits per heavy atom. The molecular formula is C23H18FN3O6. The Balaban J connectivity index is 1.67. The average molecular weight is 451 g/mol. The van der Waals surface area contributed by atoms with Gasteiger partial charge >= 0.3 is 11.7 Å². The number of anilines is 1. The Kier molecular flexibility index (Phi) is 7.43. The van der Waals surface area contributed by atoms with Crippen molar-refractivity contribution in [1.82, 2.24) is 5.32 Å². The van der Waals surface area contributed by atoms with Crippen LogP contribution in [0.5, 0.6) is 0 Å². The van der Waals surface area contributed by atoms with E-state index >= 15 is 0 Å². The highest BCUT2D eigenvalue weighted by Gasteiger charge is 2.25. The first kappa shape index (κ1) is 23.1. The third kappa shape index (κ3) is 6.20. The molecule has 2 N–H and O–H groups in total. The molecule has 0 saturated carbocycles. The summed E-state index contributed by atoms with van der Waals surface area (Å²) >= 11 is 0. The molecule has 0 saturated heterocycles. The van der Waals surface area contributed by atoms with E-state index in [4.69, 9.17) is 4.74 Å². The van der Waals surface area contributed by atoms with Gasteiger partial charge in [0.25, 0.3) is 11.8 Å². The molecule has 0 aromatic heterocycles. The zero-order valence-electron chi connectivity index (χ0n) is 17.1. The number of nitrogens with one attached hydrogen (secondary N) is 2. The second kappa shape index (κ2) is 10.6. The number of nitro groups is 1. The van der Waals surface area contributed by atoms with Crippen LogP contribution in [0, 0.1) is 15.9 Å². The summed E-state index contributed by atoms with van der Waals surface area (Å²) in [5, 5.41) is 15.7. The number of carbonyl (C=O) groups excluding carboxylic acids is 3. The van der Waals surface area contributed by atoms with Gasteiger partial charge in [0.15, 0.2) is 12.6 Å². The van der Waals surface area contributed by atoms with Crippen LogP contribution in [0.25, 0.3) is 0 Å². The lowest BCUT2D eigenvalue weighted by molar-refractivity contribution is -0.387. The van der Waals surface area contributed by atoms with E-state index in [9.17, 15) is 28.9 Å². The van der Waals surface area contributed by atoms with Crippen molar-refractivity contribution in [3.8, 4) is 0 Å². The quantitative estimate of drug-likeness (QED) is 0.307. The topological polar surface area (TPSA) is 128 Å². The van der Waals surface area contributed by atoms with Gasteiger partial charge in [0.1, 0.15) is 0 Å². The molecule has 9 nitrogen and oxygen atoms in total. The van der Waals surface area contributed by atoms with E-state index in [1.54, 1.807) is 60.7 Å². The maximum absolute atomic E-state index is 13.4. The number of halogens is 1. The molecule has 3 rings (SSSR count). The van der Waals surface area contributed by atoms with Crippen molar-refractivity contribution < 1.29 is 28.4 Å². The molecule has 0 fully saturated rings. The third-order valence-electron chi connectivity index (χ3n) is 4.45. The molecule has 33 heavy (non-hydrogen) atoms. The average Bonchev–Trinajstić information content (AvgIpc) is 2.83. The molecule has 1 unspecified atom stereocenters. The van der Waals surface area contributed by atoms with E-state index in [-0.39, 0.29) is 5.69 Å². The predicted molar refractivity (Wildman–Crippen MR) is 116 cm³/mol. The van der Waals surface area contributed by atoms with E-state index in [1.807, 2.05) is 0 Å². The van der Waals surface area contributed by atoms with Crippen LogP contribution in [-0.4, -0.2) is 29.3 Å². The summed E-state index contributed by atoms with van der Waals surface area (Å²) in [4.78, 5) is 47.3. The van der Waals surface area contributed by atoms with Crippen molar-refractivity contribution in [2.24, 2.45) is 0 Å². The van der Waals surface area contributed by atoms with Crippen LogP contribution in [-0.2, 0) is 14.3 Å². The number of benzene rings is 3. The van der Waals surface area contributed by atoms with Crippen LogP contribution >= 0.6 is 0 Å². The van der Waals surface area contributed by atoms with E-state index in [0.29, 0.717) is 11.1 Å². The number of hydrogen-bond donors (Lipinski definition) is 2. The standard InChI is InChI=1S/C23H18FN3O6/c24-18-12-11-17(13-19(18)27(31)32)25-20(28)14-33-23(30)21(15-7-3-1-4-8-15)26-22(29)16-9-5-2-6-10-16/h1-13,21H,14H2,(H,25,28)(H,26,29). The Hall–Kier alpha value is -4.60. The van der Waals surface area contributed by atoms with E-state index in [1.165, 1.54) is 0 Å². The lowest BCUT2D eigenvalue weighted by atomic mass is 10.1. The fourth-order valence-corrected chi connectivity index (χ4v) is 2.88. The molecule has 2 amide bonds. The highest BCUT2D eigenvalue weighted by Crippen LogP contribution is 2.21. The molecule has 168 valence electrons. The third-order valence-corrected chi connectivity index (χ3v) is 4.45. The van der Waals surface area contributed by atoms with Crippen molar-refractivity contribution in [3.63, 3.8) is 0 Å². The molecule has 10 heteroatoms. The molecule has 0 spiro atoms. The lowest BCUT2D eigenvalue weighted by Gasteiger charge is -2.18. The van der Waals surface area contributed by atoms with Crippen LogP contribution in [0.1, 0.15) is 22.0 Å². The number of rotatable bonds is 8. The fraction of sp³-hybridized carbons (Fsp3) is 0.0870. The summed E-state index contributed by atoms with van der Waals surface area (Å²) in [6, 6.07) is 18.2. The Morgan fingerprint density at radius 3 is 2.24 bits per heavy atom. The van der Waals surface area contributed by atoms with Gasteiger partial charge in [-0.05, 0) is 29.8 Å². The number of hydrogen-bond acceptors (Lipinski definition) is 6. The van der Waals surface area contributed by atoms with Gasteiger partial charge in [0, 0.05) is 17.3 Å². The molecule has 3 aromatic carbocycles. The molecule has 0 heterocycles. The molecule has 0 radical (unpaired) electrons. The van der Waals surface area contributed by atoms with Crippen molar-refractivity contribution in [1.29, 1.82) is 0 Å². The summed E-state index contributed by atoms with van der Waals surface area (Å²) in [6.45, 7) is -0.728. The van der Waals surface area contributed by atoms with Gasteiger partial charge < -0.3 is 15.4 Å². The van der Waals surface area contributed by atoms with E-state index < -0.39 is 46.9 Å². The van der Waals surface area contributed by atoms with Crippen LogP contribution in [0.4, 0.5) is 15.8 Å². The summed E-state index contributed by atoms with van der Waals surface area (Å²) in [5.74, 6) is -3.25. The number of ether oxygens (including phenoxy) is 1. The SMILES string of the molecule is O=C(COC(=O)C(NC(=O)c1ccccc1)c1ccccc1)Nc1ccc(F)c([N+](=O)[O-])c1. The maximum atomic E-state index is 13.4. The summed E-state index contributed by atoms with van der Waals surface area (Å²) in [5.41, 5.74) is -0.0677. The first-order valence-electron chi connectivity index (χ1n) is 9.66. The predicted octanol–water partition coefficient (Wildman–Crippen LogP) is 3.39. The zero-order valence-corrected chi connectivity index (χ0v) is 17.1. The van der Waals surface area contributed by atoms with Gasteiger partial charge in [0.05, 0.1) is 4.92 Å². The second-order valence-corrected chi connectivity index (χ2v) is 6.76. The number of amides is 2. The first-order chi connectivity index (χ1) is 15.8. The molecular weight excluding hydrogens is 433 g/mol. The smallest absolute Gasteiger partial charge is 0.333 e. The van der Waals surface area contributed by atoms with Gasteiger partial charge in [-0.2, -0.15) is 4.39 Å². The molecule has 0 aliphatic carbocycles. The highest BCUT2D eigenvalue weighted by molar-refractivity contribution is 5.98. The van der Waals surface area contributed by atoms with Crippen LogP contribution in [0.3, 0.4) is 0 Å². The van der Waals surface area contributed by atoms with Crippen molar-refractivity contribution >= 4 is 29.2 Å². The van der Waals surface area contributed by atoms with Crippen molar-refractivity contribution in [2.45, 2.75) is 6.04 Å². The minimum absolute atomic E-state index is 0.0406. The van der Waals surface area contributed by atoms with Gasteiger partial charge in [-0.15, -0.1) is 0 Å². The van der Waals surface area contributed by atoms with E-state index in [2.05, 4.69) is 10.6 Å². The van der Waals surface area contributed by atoms with Gasteiger partial charge in [-0.25, -0.2) is 4.79 Å². The minimum Gasteiger partial charge on any atom is -0.454 e. The van der Waals surface area contributed by atoms with Crippen LogP contribution in [0.2, 0.25) is 0 Å². The molecule has 0 aliphatic heterocycles. The summed E-state index contributed by atoms with van der Waals surface area (Å²) in [6.07, 6.45) is 0. The van der Waals surface area contributed by atoms with E-state index in [0.717, 1.165) is 18.2 Å². The fourth-order valence-electron chi connectivity index (χ4n) is 2.88.